The number of carbonyl (C=O) groups is 2. The van der Waals surface area contributed by atoms with E-state index in [1.807, 2.05) is 47.0 Å². The second-order valence-corrected chi connectivity index (χ2v) is 9.29. The van der Waals surface area contributed by atoms with Crippen molar-refractivity contribution in [1.29, 1.82) is 0 Å². The van der Waals surface area contributed by atoms with Gasteiger partial charge in [0.05, 0.1) is 6.33 Å². The number of likely N-dealkylation sites (tertiary alicyclic amines) is 1. The molecule has 1 aliphatic heterocycles. The summed E-state index contributed by atoms with van der Waals surface area (Å²) in [6.07, 6.45) is 14.5. The van der Waals surface area contributed by atoms with Crippen LogP contribution in [-0.4, -0.2) is 57.3 Å². The van der Waals surface area contributed by atoms with Gasteiger partial charge in [0.2, 0.25) is 5.91 Å². The van der Waals surface area contributed by atoms with E-state index in [1.165, 1.54) is 0 Å². The van der Waals surface area contributed by atoms with Crippen LogP contribution in [-0.2, 0) is 4.79 Å². The first-order valence-corrected chi connectivity index (χ1v) is 11.4. The molecule has 1 aromatic heterocycles. The van der Waals surface area contributed by atoms with Gasteiger partial charge in [-0.25, -0.2) is 4.98 Å². The SMILES string of the molecule is CN(C(=O)c1ccc(-n2ccnc2)cc1)[C@H]1C[C@H]2CCN(C(=O)C3CC=CC3)C[C@H]2C1. The van der Waals surface area contributed by atoms with Crippen LogP contribution in [0.25, 0.3) is 5.69 Å². The lowest BCUT2D eigenvalue weighted by molar-refractivity contribution is -0.137. The van der Waals surface area contributed by atoms with E-state index in [0.29, 0.717) is 23.3 Å². The fourth-order valence-corrected chi connectivity index (χ4v) is 5.60. The summed E-state index contributed by atoms with van der Waals surface area (Å²) in [5.74, 6) is 1.69. The van der Waals surface area contributed by atoms with E-state index in [0.717, 1.165) is 50.9 Å². The molecule has 2 aromatic rings. The van der Waals surface area contributed by atoms with Crippen molar-refractivity contribution in [2.75, 3.05) is 20.1 Å². The molecule has 6 heteroatoms. The maximum Gasteiger partial charge on any atom is 0.253 e. The molecule has 0 bridgehead atoms. The quantitative estimate of drug-likeness (QED) is 0.714. The van der Waals surface area contributed by atoms with E-state index in [9.17, 15) is 9.59 Å². The summed E-state index contributed by atoms with van der Waals surface area (Å²) in [7, 11) is 1.93. The molecule has 0 unspecified atom stereocenters. The standard InChI is InChI=1S/C25H30N4O2/c1-27(24(30)19-6-8-22(9-7-19)29-13-11-26-17-29)23-14-20-10-12-28(16-21(20)15-23)25(31)18-4-2-3-5-18/h2-3,6-9,11,13,17-18,20-21,23H,4-5,10,12,14-16H2,1H3/t20-,21-,23+/m1/s1. The highest BCUT2D eigenvalue weighted by atomic mass is 16.2. The van der Waals surface area contributed by atoms with Gasteiger partial charge in [-0.2, -0.15) is 0 Å². The van der Waals surface area contributed by atoms with Gasteiger partial charge in [-0.05, 0) is 68.2 Å². The first-order chi connectivity index (χ1) is 15.1. The number of rotatable bonds is 4. The molecule has 2 aliphatic carbocycles. The lowest BCUT2D eigenvalue weighted by Crippen LogP contribution is -2.44. The van der Waals surface area contributed by atoms with E-state index in [-0.39, 0.29) is 17.9 Å². The van der Waals surface area contributed by atoms with Gasteiger partial charge in [-0.3, -0.25) is 9.59 Å². The molecule has 3 aliphatic rings. The molecule has 2 amide bonds. The van der Waals surface area contributed by atoms with Crippen LogP contribution in [0.2, 0.25) is 0 Å². The number of fused-ring (bicyclic) bond motifs is 1. The van der Waals surface area contributed by atoms with Crippen LogP contribution < -0.4 is 0 Å². The summed E-state index contributed by atoms with van der Waals surface area (Å²) in [5.41, 5.74) is 1.71. The lowest BCUT2D eigenvalue weighted by atomic mass is 9.88. The van der Waals surface area contributed by atoms with E-state index < -0.39 is 0 Å². The van der Waals surface area contributed by atoms with Gasteiger partial charge in [0.1, 0.15) is 0 Å². The Balaban J connectivity index is 1.20. The van der Waals surface area contributed by atoms with Gasteiger partial charge in [0.15, 0.2) is 0 Å². The lowest BCUT2D eigenvalue weighted by Gasteiger charge is -2.36. The summed E-state index contributed by atoms with van der Waals surface area (Å²) in [5, 5.41) is 0. The number of hydrogen-bond donors (Lipinski definition) is 0. The number of benzene rings is 1. The Labute approximate surface area is 183 Å². The molecular weight excluding hydrogens is 388 g/mol. The molecule has 1 saturated heterocycles. The number of hydrogen-bond acceptors (Lipinski definition) is 3. The summed E-state index contributed by atoms with van der Waals surface area (Å²) in [6.45, 7) is 1.73. The van der Waals surface area contributed by atoms with Crippen molar-refractivity contribution < 1.29 is 9.59 Å². The molecule has 3 atom stereocenters. The van der Waals surface area contributed by atoms with Gasteiger partial charge in [-0.15, -0.1) is 0 Å². The number of amides is 2. The molecule has 6 nitrogen and oxygen atoms in total. The Kier molecular flexibility index (Phi) is 5.38. The maximum atomic E-state index is 13.1. The molecule has 0 spiro atoms. The van der Waals surface area contributed by atoms with E-state index >= 15 is 0 Å². The predicted octanol–water partition coefficient (Wildman–Crippen LogP) is 3.54. The van der Waals surface area contributed by atoms with Crippen LogP contribution in [0.3, 0.4) is 0 Å². The molecule has 1 aromatic carbocycles. The fourth-order valence-electron chi connectivity index (χ4n) is 5.60. The third-order valence-corrected chi connectivity index (χ3v) is 7.49. The molecule has 1 saturated carbocycles. The zero-order valence-electron chi connectivity index (χ0n) is 18.1. The molecule has 0 N–H and O–H groups in total. The van der Waals surface area contributed by atoms with Crippen LogP contribution >= 0.6 is 0 Å². The highest BCUT2D eigenvalue weighted by molar-refractivity contribution is 5.94. The van der Waals surface area contributed by atoms with Gasteiger partial charge >= 0.3 is 0 Å². The zero-order valence-corrected chi connectivity index (χ0v) is 18.1. The molecule has 2 heterocycles. The first kappa shape index (κ1) is 20.0. The molecular formula is C25H30N4O2. The van der Waals surface area contributed by atoms with Crippen molar-refractivity contribution in [2.24, 2.45) is 17.8 Å². The van der Waals surface area contributed by atoms with Crippen molar-refractivity contribution in [1.82, 2.24) is 19.4 Å². The average molecular weight is 419 g/mol. The van der Waals surface area contributed by atoms with E-state index in [4.69, 9.17) is 0 Å². The van der Waals surface area contributed by atoms with Crippen molar-refractivity contribution in [3.8, 4) is 5.69 Å². The van der Waals surface area contributed by atoms with Crippen molar-refractivity contribution in [3.63, 3.8) is 0 Å². The summed E-state index contributed by atoms with van der Waals surface area (Å²) in [4.78, 5) is 34.0. The van der Waals surface area contributed by atoms with Crippen molar-refractivity contribution >= 4 is 11.8 Å². The number of allylic oxidation sites excluding steroid dienone is 2. The second-order valence-electron chi connectivity index (χ2n) is 9.29. The van der Waals surface area contributed by atoms with Crippen molar-refractivity contribution in [2.45, 2.75) is 38.1 Å². The van der Waals surface area contributed by atoms with Crippen LogP contribution in [0.1, 0.15) is 42.5 Å². The first-order valence-electron chi connectivity index (χ1n) is 11.4. The molecule has 0 radical (unpaired) electrons. The third-order valence-electron chi connectivity index (χ3n) is 7.49. The van der Waals surface area contributed by atoms with Crippen LogP contribution in [0.5, 0.6) is 0 Å². The minimum atomic E-state index is 0.0748. The highest BCUT2D eigenvalue weighted by Gasteiger charge is 2.42. The summed E-state index contributed by atoms with van der Waals surface area (Å²) < 4.78 is 1.92. The monoisotopic (exact) mass is 418 g/mol. The Bertz CT molecular complexity index is 958. The fraction of sp³-hybridized carbons (Fsp3) is 0.480. The van der Waals surface area contributed by atoms with E-state index in [2.05, 4.69) is 22.0 Å². The average Bonchev–Trinajstić information content (AvgIpc) is 3.58. The summed E-state index contributed by atoms with van der Waals surface area (Å²) >= 11 is 0. The highest BCUT2D eigenvalue weighted by Crippen LogP contribution is 2.41. The van der Waals surface area contributed by atoms with E-state index in [1.54, 1.807) is 12.5 Å². The third kappa shape index (κ3) is 3.91. The molecule has 5 rings (SSSR count). The molecule has 2 fully saturated rings. The molecule has 31 heavy (non-hydrogen) atoms. The Morgan fingerprint density at radius 2 is 1.81 bits per heavy atom. The largest absolute Gasteiger partial charge is 0.342 e. The normalized spacial score (nSPS) is 25.6. The Hall–Kier alpha value is -2.89. The number of piperidine rings is 1. The maximum absolute atomic E-state index is 13.1. The van der Waals surface area contributed by atoms with Crippen LogP contribution in [0, 0.1) is 17.8 Å². The van der Waals surface area contributed by atoms with Gasteiger partial charge < -0.3 is 14.4 Å². The number of nitrogens with zero attached hydrogens (tertiary/aromatic N) is 4. The number of imidazole rings is 1. The second kappa shape index (κ2) is 8.33. The number of aromatic nitrogens is 2. The zero-order chi connectivity index (χ0) is 21.4. The van der Waals surface area contributed by atoms with Crippen LogP contribution in [0.15, 0.2) is 55.1 Å². The Morgan fingerprint density at radius 3 is 2.52 bits per heavy atom. The summed E-state index contributed by atoms with van der Waals surface area (Å²) in [6, 6.07) is 7.95. The topological polar surface area (TPSA) is 58.4 Å². The predicted molar refractivity (Wildman–Crippen MR) is 119 cm³/mol. The smallest absolute Gasteiger partial charge is 0.253 e. The minimum Gasteiger partial charge on any atom is -0.342 e. The molecule has 162 valence electrons. The van der Waals surface area contributed by atoms with Crippen LogP contribution in [0.4, 0.5) is 0 Å². The minimum absolute atomic E-state index is 0.0748. The van der Waals surface area contributed by atoms with Crippen molar-refractivity contribution in [3.05, 3.63) is 60.7 Å². The van der Waals surface area contributed by atoms with Gasteiger partial charge in [0.25, 0.3) is 5.91 Å². The number of carbonyl (C=O) groups excluding carboxylic acids is 2. The van der Waals surface area contributed by atoms with Gasteiger partial charge in [0, 0.05) is 55.7 Å². The van der Waals surface area contributed by atoms with Gasteiger partial charge in [-0.1, -0.05) is 12.2 Å². The Morgan fingerprint density at radius 1 is 1.06 bits per heavy atom.